The van der Waals surface area contributed by atoms with Crippen molar-refractivity contribution in [3.63, 3.8) is 0 Å². The van der Waals surface area contributed by atoms with Crippen LogP contribution in [0.1, 0.15) is 87.1 Å². The topological polar surface area (TPSA) is 71.5 Å². The summed E-state index contributed by atoms with van der Waals surface area (Å²) in [6.07, 6.45) is 9.88. The van der Waals surface area contributed by atoms with E-state index in [-0.39, 0.29) is 10.9 Å². The Morgan fingerprint density at radius 1 is 1.19 bits per heavy atom. The molecule has 226 valence electrons. The van der Waals surface area contributed by atoms with Gasteiger partial charge >= 0.3 is 5.97 Å². The molecule has 2 aromatic carbocycles. The van der Waals surface area contributed by atoms with Crippen LogP contribution in [-0.4, -0.2) is 28.2 Å². The normalized spacial score (nSPS) is 25.0. The van der Waals surface area contributed by atoms with E-state index in [0.717, 1.165) is 48.3 Å². The molecular weight excluding hydrogens is 586 g/mol. The molecule has 43 heavy (non-hydrogen) atoms. The molecule has 0 amide bonds. The van der Waals surface area contributed by atoms with Crippen molar-refractivity contribution in [2.75, 3.05) is 11.9 Å². The summed E-state index contributed by atoms with van der Waals surface area (Å²) < 4.78 is 21.0. The molecule has 8 heteroatoms. The number of rotatable bonds is 8. The first kappa shape index (κ1) is 30.0. The van der Waals surface area contributed by atoms with Crippen LogP contribution in [0.2, 0.25) is 10.0 Å². The molecule has 0 bridgehead atoms. The van der Waals surface area contributed by atoms with Gasteiger partial charge in [0, 0.05) is 39.1 Å². The molecule has 1 saturated carbocycles. The zero-order valence-corrected chi connectivity index (χ0v) is 26.1. The fourth-order valence-electron chi connectivity index (χ4n) is 7.53. The number of halogens is 3. The second-order valence-corrected chi connectivity index (χ2v) is 13.5. The number of carboxylic acid groups (broad SMARTS) is 1. The van der Waals surface area contributed by atoms with E-state index in [1.807, 2.05) is 30.5 Å². The van der Waals surface area contributed by atoms with E-state index in [4.69, 9.17) is 27.9 Å². The number of hydrogen-bond donors (Lipinski definition) is 2. The van der Waals surface area contributed by atoms with Crippen LogP contribution in [0.25, 0.3) is 6.08 Å². The van der Waals surface area contributed by atoms with Gasteiger partial charge in [-0.05, 0) is 99.1 Å². The van der Waals surface area contributed by atoms with E-state index in [9.17, 15) is 14.3 Å². The first-order valence-corrected chi connectivity index (χ1v) is 15.9. The number of carbonyl (C=O) groups is 1. The fourth-order valence-corrected chi connectivity index (χ4v) is 7.94. The average Bonchev–Trinajstić information content (AvgIpc) is 3.28. The predicted molar refractivity (Wildman–Crippen MR) is 170 cm³/mol. The van der Waals surface area contributed by atoms with E-state index in [1.54, 1.807) is 18.2 Å². The molecule has 3 aliphatic carbocycles. The zero-order chi connectivity index (χ0) is 30.4. The van der Waals surface area contributed by atoms with Crippen LogP contribution in [0.4, 0.5) is 10.1 Å². The first-order valence-electron chi connectivity index (χ1n) is 15.2. The summed E-state index contributed by atoms with van der Waals surface area (Å²) in [5, 5.41) is 14.4. The molecule has 2 atom stereocenters. The highest BCUT2D eigenvalue weighted by atomic mass is 35.5. The Labute approximate surface area is 262 Å². The molecule has 3 aliphatic rings. The highest BCUT2D eigenvalue weighted by molar-refractivity contribution is 6.32. The number of pyridine rings is 1. The summed E-state index contributed by atoms with van der Waals surface area (Å²) >= 11 is 12.7. The Morgan fingerprint density at radius 3 is 2.72 bits per heavy atom. The van der Waals surface area contributed by atoms with Gasteiger partial charge in [-0.3, -0.25) is 4.98 Å². The first-order chi connectivity index (χ1) is 20.6. The quantitative estimate of drug-likeness (QED) is 0.262. The van der Waals surface area contributed by atoms with Crippen LogP contribution >= 0.6 is 23.2 Å². The van der Waals surface area contributed by atoms with Crippen molar-refractivity contribution in [1.29, 1.82) is 0 Å². The van der Waals surface area contributed by atoms with Gasteiger partial charge in [0.25, 0.3) is 0 Å². The minimum Gasteiger partial charge on any atom is -0.493 e. The number of aryl methyl sites for hydroxylation is 1. The fraction of sp³-hybridized carbons (Fsp3) is 0.429. The molecule has 1 heterocycles. The Kier molecular flexibility index (Phi) is 8.20. The molecule has 0 radical (unpaired) electrons. The predicted octanol–water partition coefficient (Wildman–Crippen LogP) is 9.22. The Bertz CT molecular complexity index is 1580. The zero-order valence-electron chi connectivity index (χ0n) is 24.6. The highest BCUT2D eigenvalue weighted by Crippen LogP contribution is 2.56. The van der Waals surface area contributed by atoms with Crippen LogP contribution < -0.4 is 10.1 Å². The van der Waals surface area contributed by atoms with E-state index < -0.39 is 22.7 Å². The summed E-state index contributed by atoms with van der Waals surface area (Å²) in [7, 11) is 0. The number of nitrogens with zero attached hydrogens (tertiary/aromatic N) is 1. The van der Waals surface area contributed by atoms with Gasteiger partial charge < -0.3 is 15.2 Å². The minimum absolute atomic E-state index is 0.125. The number of nitrogens with one attached hydrogen (secondary N) is 1. The smallest absolute Gasteiger partial charge is 0.329 e. The number of ether oxygens (including phenoxy) is 1. The van der Waals surface area contributed by atoms with Gasteiger partial charge in [0.2, 0.25) is 0 Å². The van der Waals surface area contributed by atoms with Crippen molar-refractivity contribution in [2.45, 2.75) is 82.1 Å². The largest absolute Gasteiger partial charge is 0.493 e. The molecule has 0 saturated heterocycles. The standard InChI is InChI=1S/C35H37Cl2FN2O3/c1-21(20-43-30-11-16-39-29-8-3-5-22(2)31(29)30)17-23-18-26-27(9-10-28(38)32(26)37)34(23)12-14-35(15-13-34,33(41)42)40-25-7-4-6-24(36)19-25/h4,6-7,9-11,16,18-19,21-22,40H,3,5,8,12-15,17,20H2,1-2H3,(H,41,42)/t21-,22-,34?,35?/m1/s1. The van der Waals surface area contributed by atoms with Crippen molar-refractivity contribution in [3.05, 3.63) is 92.5 Å². The van der Waals surface area contributed by atoms with Crippen molar-refractivity contribution in [1.82, 2.24) is 4.98 Å². The number of benzene rings is 2. The second-order valence-electron chi connectivity index (χ2n) is 12.7. The monoisotopic (exact) mass is 622 g/mol. The summed E-state index contributed by atoms with van der Waals surface area (Å²) in [5.41, 5.74) is 4.36. The van der Waals surface area contributed by atoms with Gasteiger partial charge in [-0.25, -0.2) is 9.18 Å². The molecule has 0 aliphatic heterocycles. The maximum atomic E-state index is 14.6. The maximum absolute atomic E-state index is 14.6. The Hall–Kier alpha value is -3.09. The van der Waals surface area contributed by atoms with Crippen molar-refractivity contribution in [3.8, 4) is 5.75 Å². The summed E-state index contributed by atoms with van der Waals surface area (Å²) in [5.74, 6) is 0.176. The van der Waals surface area contributed by atoms with Crippen LogP contribution in [0, 0.1) is 11.7 Å². The highest BCUT2D eigenvalue weighted by Gasteiger charge is 2.52. The molecule has 6 rings (SSSR count). The Morgan fingerprint density at radius 2 is 1.98 bits per heavy atom. The van der Waals surface area contributed by atoms with Crippen molar-refractivity contribution < 1.29 is 19.0 Å². The lowest BCUT2D eigenvalue weighted by molar-refractivity contribution is -0.143. The summed E-state index contributed by atoms with van der Waals surface area (Å²) in [6, 6.07) is 12.4. The average molecular weight is 624 g/mol. The number of anilines is 1. The second kappa shape index (κ2) is 11.8. The SMILES string of the molecule is C[C@@H](COc1ccnc2c1[C@H](C)CCC2)CC1=Cc2c(ccc(F)c2Cl)C12CCC(Nc1cccc(Cl)c1)(C(=O)O)CC2. The number of hydrogen-bond acceptors (Lipinski definition) is 4. The van der Waals surface area contributed by atoms with Crippen molar-refractivity contribution in [2.24, 2.45) is 5.92 Å². The third-order valence-corrected chi connectivity index (χ3v) is 10.4. The lowest BCUT2D eigenvalue weighted by atomic mass is 9.61. The molecule has 0 unspecified atom stereocenters. The van der Waals surface area contributed by atoms with E-state index in [0.29, 0.717) is 54.5 Å². The molecule has 1 fully saturated rings. The van der Waals surface area contributed by atoms with Gasteiger partial charge in [-0.2, -0.15) is 0 Å². The van der Waals surface area contributed by atoms with Gasteiger partial charge in [-0.15, -0.1) is 0 Å². The third kappa shape index (κ3) is 5.53. The number of aliphatic carboxylic acids is 1. The molecule has 5 nitrogen and oxygen atoms in total. The van der Waals surface area contributed by atoms with E-state index in [1.165, 1.54) is 11.6 Å². The lowest BCUT2D eigenvalue weighted by Gasteiger charge is -2.46. The van der Waals surface area contributed by atoms with E-state index >= 15 is 0 Å². The lowest BCUT2D eigenvalue weighted by Crippen LogP contribution is -2.52. The number of fused-ring (bicyclic) bond motifs is 3. The third-order valence-electron chi connectivity index (χ3n) is 9.82. The number of aromatic nitrogens is 1. The molecule has 2 N–H and O–H groups in total. The molecule has 1 aromatic heterocycles. The summed E-state index contributed by atoms with van der Waals surface area (Å²) in [4.78, 5) is 17.3. The molecular formula is C35H37Cl2FN2O3. The minimum atomic E-state index is -1.14. The van der Waals surface area contributed by atoms with Gasteiger partial charge in [0.05, 0.1) is 11.6 Å². The van der Waals surface area contributed by atoms with Crippen LogP contribution in [-0.2, 0) is 16.6 Å². The summed E-state index contributed by atoms with van der Waals surface area (Å²) in [6.45, 7) is 4.94. The van der Waals surface area contributed by atoms with Crippen LogP contribution in [0.15, 0.2) is 54.2 Å². The van der Waals surface area contributed by atoms with E-state index in [2.05, 4.69) is 24.1 Å². The van der Waals surface area contributed by atoms with Crippen molar-refractivity contribution >= 4 is 40.9 Å². The molecule has 3 aromatic rings. The Balaban J connectivity index is 1.24. The van der Waals surface area contributed by atoms with Gasteiger partial charge in [-0.1, -0.05) is 60.8 Å². The van der Waals surface area contributed by atoms with Crippen LogP contribution in [0.5, 0.6) is 5.75 Å². The van der Waals surface area contributed by atoms with Gasteiger partial charge in [0.15, 0.2) is 0 Å². The number of carboxylic acids is 1. The van der Waals surface area contributed by atoms with Gasteiger partial charge in [0.1, 0.15) is 17.1 Å². The number of allylic oxidation sites excluding steroid dienone is 1. The maximum Gasteiger partial charge on any atom is 0.329 e. The molecule has 1 spiro atoms. The van der Waals surface area contributed by atoms with Crippen LogP contribution in [0.3, 0.4) is 0 Å².